The normalized spacial score (nSPS) is 10.4. The van der Waals surface area contributed by atoms with E-state index in [1.165, 1.54) is 24.3 Å². The SMILES string of the molecule is C=Cc1ccccc1C(=O)Oc1c(F)c(F)c(F)c(F)c1F. The Balaban J connectivity index is 2.48. The zero-order valence-electron chi connectivity index (χ0n) is 10.8. The maximum absolute atomic E-state index is 13.4. The van der Waals surface area contributed by atoms with Crippen molar-refractivity contribution in [2.75, 3.05) is 0 Å². The molecule has 0 unspecified atom stereocenters. The maximum atomic E-state index is 13.4. The highest BCUT2D eigenvalue weighted by atomic mass is 19.2. The minimum atomic E-state index is -2.33. The van der Waals surface area contributed by atoms with Crippen LogP contribution in [0.3, 0.4) is 0 Å². The topological polar surface area (TPSA) is 26.3 Å². The van der Waals surface area contributed by atoms with Gasteiger partial charge in [-0.1, -0.05) is 30.9 Å². The van der Waals surface area contributed by atoms with Gasteiger partial charge in [-0.25, -0.2) is 18.0 Å². The van der Waals surface area contributed by atoms with Crippen LogP contribution in [0.15, 0.2) is 30.8 Å². The van der Waals surface area contributed by atoms with E-state index >= 15 is 0 Å². The molecule has 114 valence electrons. The van der Waals surface area contributed by atoms with Crippen LogP contribution in [-0.4, -0.2) is 5.97 Å². The van der Waals surface area contributed by atoms with Crippen molar-refractivity contribution in [3.63, 3.8) is 0 Å². The maximum Gasteiger partial charge on any atom is 0.344 e. The molecule has 0 atom stereocenters. The third-order valence-electron chi connectivity index (χ3n) is 2.76. The average Bonchev–Trinajstić information content (AvgIpc) is 2.54. The average molecular weight is 314 g/mol. The zero-order valence-corrected chi connectivity index (χ0v) is 10.8. The van der Waals surface area contributed by atoms with Crippen LogP contribution in [0.5, 0.6) is 5.75 Å². The Morgan fingerprint density at radius 2 is 1.41 bits per heavy atom. The second-order valence-electron chi connectivity index (χ2n) is 4.08. The van der Waals surface area contributed by atoms with Gasteiger partial charge in [-0.15, -0.1) is 0 Å². The number of carbonyl (C=O) groups is 1. The van der Waals surface area contributed by atoms with Crippen LogP contribution in [0.4, 0.5) is 22.0 Å². The van der Waals surface area contributed by atoms with E-state index in [-0.39, 0.29) is 11.1 Å². The fraction of sp³-hybridized carbons (Fsp3) is 0. The number of hydrogen-bond donors (Lipinski definition) is 0. The molecule has 0 N–H and O–H groups in total. The molecule has 0 saturated heterocycles. The summed E-state index contributed by atoms with van der Waals surface area (Å²) in [7, 11) is 0. The van der Waals surface area contributed by atoms with Crippen molar-refractivity contribution < 1.29 is 31.5 Å². The molecule has 2 rings (SSSR count). The summed E-state index contributed by atoms with van der Waals surface area (Å²) in [5.41, 5.74) is 0.137. The van der Waals surface area contributed by atoms with Crippen molar-refractivity contribution in [3.05, 3.63) is 71.1 Å². The largest absolute Gasteiger partial charge is 0.416 e. The van der Waals surface area contributed by atoms with Gasteiger partial charge in [-0.3, -0.25) is 0 Å². The Kier molecular flexibility index (Phi) is 4.25. The smallest absolute Gasteiger partial charge is 0.344 e. The van der Waals surface area contributed by atoms with Crippen LogP contribution in [0.25, 0.3) is 6.08 Å². The Morgan fingerprint density at radius 3 is 1.95 bits per heavy atom. The molecule has 0 radical (unpaired) electrons. The molecule has 2 aromatic carbocycles. The van der Waals surface area contributed by atoms with Gasteiger partial charge < -0.3 is 4.74 Å². The highest BCUT2D eigenvalue weighted by Crippen LogP contribution is 2.30. The molecule has 0 aliphatic rings. The van der Waals surface area contributed by atoms with E-state index < -0.39 is 40.8 Å². The van der Waals surface area contributed by atoms with Crippen LogP contribution in [0.1, 0.15) is 15.9 Å². The summed E-state index contributed by atoms with van der Waals surface area (Å²) in [5, 5.41) is 0. The summed E-state index contributed by atoms with van der Waals surface area (Å²) in [6.45, 7) is 3.43. The van der Waals surface area contributed by atoms with Crippen LogP contribution in [0, 0.1) is 29.1 Å². The van der Waals surface area contributed by atoms with Crippen molar-refractivity contribution in [2.45, 2.75) is 0 Å². The molecule has 0 amide bonds. The first-order valence-electron chi connectivity index (χ1n) is 5.83. The summed E-state index contributed by atoms with van der Waals surface area (Å²) >= 11 is 0. The molecule has 0 aromatic heterocycles. The Morgan fingerprint density at radius 1 is 0.909 bits per heavy atom. The Labute approximate surface area is 121 Å². The molecule has 2 nitrogen and oxygen atoms in total. The first-order valence-corrected chi connectivity index (χ1v) is 5.83. The highest BCUT2D eigenvalue weighted by Gasteiger charge is 2.29. The van der Waals surface area contributed by atoms with Crippen LogP contribution in [-0.2, 0) is 0 Å². The van der Waals surface area contributed by atoms with E-state index in [4.69, 9.17) is 0 Å². The number of benzene rings is 2. The van der Waals surface area contributed by atoms with E-state index in [9.17, 15) is 26.7 Å². The molecule has 0 bridgehead atoms. The molecule has 0 aliphatic heterocycles. The molecule has 0 fully saturated rings. The van der Waals surface area contributed by atoms with Gasteiger partial charge >= 0.3 is 5.97 Å². The number of hydrogen-bond acceptors (Lipinski definition) is 2. The second kappa shape index (κ2) is 5.97. The van der Waals surface area contributed by atoms with Crippen molar-refractivity contribution in [2.24, 2.45) is 0 Å². The lowest BCUT2D eigenvalue weighted by Gasteiger charge is -2.10. The fourth-order valence-electron chi connectivity index (χ4n) is 1.68. The van der Waals surface area contributed by atoms with Crippen LogP contribution < -0.4 is 4.74 Å². The van der Waals surface area contributed by atoms with Crippen LogP contribution >= 0.6 is 0 Å². The number of halogens is 5. The van der Waals surface area contributed by atoms with Gasteiger partial charge in [0.05, 0.1) is 5.56 Å². The molecule has 0 spiro atoms. The Bertz CT molecular complexity index is 742. The first kappa shape index (κ1) is 15.7. The Hall–Kier alpha value is -2.70. The first-order chi connectivity index (χ1) is 10.4. The lowest BCUT2D eigenvalue weighted by atomic mass is 10.1. The van der Waals surface area contributed by atoms with E-state index in [1.54, 1.807) is 6.07 Å². The summed E-state index contributed by atoms with van der Waals surface area (Å²) < 4.78 is 70.2. The fourth-order valence-corrected chi connectivity index (χ4v) is 1.68. The molecule has 0 saturated carbocycles. The lowest BCUT2D eigenvalue weighted by Crippen LogP contribution is -2.14. The number of carbonyl (C=O) groups excluding carboxylic acids is 1. The van der Waals surface area contributed by atoms with Gasteiger partial charge in [0.25, 0.3) is 0 Å². The number of rotatable bonds is 3. The van der Waals surface area contributed by atoms with E-state index in [0.29, 0.717) is 0 Å². The molecule has 0 heterocycles. The molecule has 22 heavy (non-hydrogen) atoms. The minimum Gasteiger partial charge on any atom is -0.416 e. The third-order valence-corrected chi connectivity index (χ3v) is 2.76. The molecule has 2 aromatic rings. The van der Waals surface area contributed by atoms with Crippen molar-refractivity contribution >= 4 is 12.0 Å². The number of esters is 1. The molecular weight excluding hydrogens is 307 g/mol. The number of ether oxygens (including phenoxy) is 1. The molecule has 0 aliphatic carbocycles. The van der Waals surface area contributed by atoms with Gasteiger partial charge in [0.15, 0.2) is 0 Å². The van der Waals surface area contributed by atoms with E-state index in [1.807, 2.05) is 0 Å². The van der Waals surface area contributed by atoms with Gasteiger partial charge in [0.2, 0.25) is 34.8 Å². The lowest BCUT2D eigenvalue weighted by molar-refractivity contribution is 0.0716. The van der Waals surface area contributed by atoms with Crippen LogP contribution in [0.2, 0.25) is 0 Å². The zero-order chi connectivity index (χ0) is 16.4. The predicted molar refractivity (Wildman–Crippen MR) is 67.7 cm³/mol. The van der Waals surface area contributed by atoms with Crippen molar-refractivity contribution in [1.82, 2.24) is 0 Å². The molecular formula is C15H7F5O2. The summed E-state index contributed by atoms with van der Waals surface area (Å²) in [6.07, 6.45) is 1.27. The minimum absolute atomic E-state index is 0.138. The predicted octanol–water partition coefficient (Wildman–Crippen LogP) is 4.24. The van der Waals surface area contributed by atoms with Gasteiger partial charge in [-0.05, 0) is 11.6 Å². The highest BCUT2D eigenvalue weighted by molar-refractivity contribution is 5.94. The standard InChI is InChI=1S/C15H7F5O2/c1-2-7-5-3-4-6-8(7)15(21)22-14-12(19)10(17)9(16)11(18)13(14)20/h2-6H,1H2. The van der Waals surface area contributed by atoms with Gasteiger partial charge in [0, 0.05) is 0 Å². The quantitative estimate of drug-likeness (QED) is 0.278. The summed E-state index contributed by atoms with van der Waals surface area (Å²) in [6, 6.07) is 5.71. The third kappa shape index (κ3) is 2.57. The van der Waals surface area contributed by atoms with Crippen molar-refractivity contribution in [3.8, 4) is 5.75 Å². The molecule has 7 heteroatoms. The van der Waals surface area contributed by atoms with Gasteiger partial charge in [0.1, 0.15) is 0 Å². The van der Waals surface area contributed by atoms with Crippen molar-refractivity contribution in [1.29, 1.82) is 0 Å². The monoisotopic (exact) mass is 314 g/mol. The summed E-state index contributed by atoms with van der Waals surface area (Å²) in [4.78, 5) is 11.9. The van der Waals surface area contributed by atoms with Gasteiger partial charge in [-0.2, -0.15) is 8.78 Å². The second-order valence-corrected chi connectivity index (χ2v) is 4.08. The van der Waals surface area contributed by atoms with E-state index in [0.717, 1.165) is 0 Å². The van der Waals surface area contributed by atoms with E-state index in [2.05, 4.69) is 11.3 Å². The summed E-state index contributed by atoms with van der Waals surface area (Å²) in [5.74, 6) is -14.1.